The molecule has 0 N–H and O–H groups in total. The van der Waals surface area contributed by atoms with E-state index in [-0.39, 0.29) is 0 Å². The van der Waals surface area contributed by atoms with Gasteiger partial charge in [0.25, 0.3) is 0 Å². The molecule has 2 aliphatic rings. The van der Waals surface area contributed by atoms with E-state index in [2.05, 4.69) is 13.8 Å². The molecule has 0 amide bonds. The van der Waals surface area contributed by atoms with Crippen molar-refractivity contribution in [3.8, 4) is 0 Å². The molecule has 0 heterocycles. The second kappa shape index (κ2) is 2.79. The van der Waals surface area contributed by atoms with Crippen molar-refractivity contribution < 1.29 is 4.74 Å². The molecule has 0 aromatic rings. The summed E-state index contributed by atoms with van der Waals surface area (Å²) >= 11 is 0. The number of ether oxygens (including phenoxy) is 1. The van der Waals surface area contributed by atoms with E-state index in [4.69, 9.17) is 4.74 Å². The molecular weight excluding hydrogens is 148 g/mol. The van der Waals surface area contributed by atoms with Crippen LogP contribution in [0.15, 0.2) is 11.8 Å². The second-order valence-electron chi connectivity index (χ2n) is 4.57. The van der Waals surface area contributed by atoms with Gasteiger partial charge in [0.1, 0.15) is 6.10 Å². The highest BCUT2D eigenvalue weighted by molar-refractivity contribution is 5.03. The summed E-state index contributed by atoms with van der Waals surface area (Å²) in [6.07, 6.45) is 9.43. The average Bonchev–Trinajstić information content (AvgIpc) is 1.80. The van der Waals surface area contributed by atoms with E-state index in [1.165, 1.54) is 37.7 Å². The maximum absolute atomic E-state index is 5.74. The van der Waals surface area contributed by atoms with Crippen LogP contribution in [0.1, 0.15) is 46.0 Å². The van der Waals surface area contributed by atoms with E-state index in [0.29, 0.717) is 11.5 Å². The van der Waals surface area contributed by atoms with Crippen LogP contribution in [0, 0.1) is 5.41 Å². The van der Waals surface area contributed by atoms with Crippen LogP contribution in [0.25, 0.3) is 0 Å². The first-order valence-electron chi connectivity index (χ1n) is 5.02. The second-order valence-corrected chi connectivity index (χ2v) is 4.57. The third kappa shape index (κ3) is 1.16. The largest absolute Gasteiger partial charge is 0.498 e. The highest BCUT2D eigenvalue weighted by Crippen LogP contribution is 2.57. The van der Waals surface area contributed by atoms with Gasteiger partial charge in [0.2, 0.25) is 0 Å². The minimum atomic E-state index is 0.557. The van der Waals surface area contributed by atoms with E-state index in [1.807, 2.05) is 6.26 Å². The quantitative estimate of drug-likeness (QED) is 0.572. The highest BCUT2D eigenvalue weighted by Gasteiger charge is 2.51. The van der Waals surface area contributed by atoms with E-state index in [1.54, 1.807) is 0 Å². The number of hydrogen-bond donors (Lipinski definition) is 0. The van der Waals surface area contributed by atoms with Crippen molar-refractivity contribution >= 4 is 0 Å². The Hall–Kier alpha value is -0.460. The summed E-state index contributed by atoms with van der Waals surface area (Å²) < 4.78 is 5.74. The topological polar surface area (TPSA) is 9.23 Å². The first kappa shape index (κ1) is 8.15. The van der Waals surface area contributed by atoms with Crippen LogP contribution >= 0.6 is 0 Å². The Kier molecular flexibility index (Phi) is 1.90. The van der Waals surface area contributed by atoms with E-state index in [0.717, 1.165) is 0 Å². The van der Waals surface area contributed by atoms with Gasteiger partial charge in [0, 0.05) is 5.41 Å². The minimum absolute atomic E-state index is 0.557. The average molecular weight is 166 g/mol. The molecule has 1 spiro atoms. The molecule has 0 aliphatic heterocycles. The van der Waals surface area contributed by atoms with Crippen molar-refractivity contribution in [1.29, 1.82) is 0 Å². The maximum atomic E-state index is 5.74. The molecule has 1 nitrogen and oxygen atoms in total. The Labute approximate surface area is 74.8 Å². The van der Waals surface area contributed by atoms with Crippen LogP contribution in [0.5, 0.6) is 0 Å². The van der Waals surface area contributed by atoms with Gasteiger partial charge >= 0.3 is 0 Å². The Morgan fingerprint density at radius 3 is 2.42 bits per heavy atom. The fourth-order valence-electron chi connectivity index (χ4n) is 2.30. The first-order chi connectivity index (χ1) is 5.73. The van der Waals surface area contributed by atoms with E-state index < -0.39 is 0 Å². The van der Waals surface area contributed by atoms with Gasteiger partial charge in [0.15, 0.2) is 0 Å². The predicted molar refractivity (Wildman–Crippen MR) is 49.8 cm³/mol. The third-order valence-corrected chi connectivity index (χ3v) is 3.40. The van der Waals surface area contributed by atoms with Gasteiger partial charge in [0.05, 0.1) is 6.26 Å². The summed E-state index contributed by atoms with van der Waals surface area (Å²) in [7, 11) is 0. The summed E-state index contributed by atoms with van der Waals surface area (Å²) in [6.45, 7) is 4.18. The Balaban J connectivity index is 1.86. The van der Waals surface area contributed by atoms with Gasteiger partial charge in [-0.05, 0) is 45.1 Å². The van der Waals surface area contributed by atoms with Gasteiger partial charge in [-0.1, -0.05) is 6.42 Å². The van der Waals surface area contributed by atoms with Crippen LogP contribution in [0.3, 0.4) is 0 Å². The molecule has 1 unspecified atom stereocenters. The van der Waals surface area contributed by atoms with Crippen LogP contribution < -0.4 is 0 Å². The smallest absolute Gasteiger partial charge is 0.103 e. The lowest BCUT2D eigenvalue weighted by Crippen LogP contribution is -2.50. The number of hydrogen-bond acceptors (Lipinski definition) is 1. The summed E-state index contributed by atoms with van der Waals surface area (Å²) in [5.41, 5.74) is 1.91. The van der Waals surface area contributed by atoms with Crippen molar-refractivity contribution in [3.05, 3.63) is 11.8 Å². The molecule has 0 bridgehead atoms. The van der Waals surface area contributed by atoms with Crippen molar-refractivity contribution in [3.63, 3.8) is 0 Å². The highest BCUT2D eigenvalue weighted by atomic mass is 16.5. The Bertz CT molecular complexity index is 192. The lowest BCUT2D eigenvalue weighted by molar-refractivity contribution is -0.121. The van der Waals surface area contributed by atoms with Crippen molar-refractivity contribution in [1.82, 2.24) is 0 Å². The summed E-state index contributed by atoms with van der Waals surface area (Å²) in [5.74, 6) is 0. The van der Waals surface area contributed by atoms with Gasteiger partial charge in [-0.3, -0.25) is 0 Å². The fraction of sp³-hybridized carbons (Fsp3) is 0.818. The maximum Gasteiger partial charge on any atom is 0.103 e. The van der Waals surface area contributed by atoms with Crippen molar-refractivity contribution in [2.45, 2.75) is 52.1 Å². The molecule has 12 heavy (non-hydrogen) atoms. The molecule has 68 valence electrons. The lowest BCUT2D eigenvalue weighted by atomic mass is 9.54. The molecule has 0 saturated heterocycles. The van der Waals surface area contributed by atoms with Crippen LogP contribution in [0.4, 0.5) is 0 Å². The van der Waals surface area contributed by atoms with Gasteiger partial charge < -0.3 is 4.74 Å². The van der Waals surface area contributed by atoms with Crippen molar-refractivity contribution in [2.75, 3.05) is 0 Å². The van der Waals surface area contributed by atoms with Crippen molar-refractivity contribution in [2.24, 2.45) is 5.41 Å². The third-order valence-electron chi connectivity index (χ3n) is 3.40. The molecular formula is C11H18O. The summed E-state index contributed by atoms with van der Waals surface area (Å²) in [5, 5.41) is 0. The molecule has 2 fully saturated rings. The van der Waals surface area contributed by atoms with E-state index >= 15 is 0 Å². The fourth-order valence-corrected chi connectivity index (χ4v) is 2.30. The molecule has 0 radical (unpaired) electrons. The zero-order valence-corrected chi connectivity index (χ0v) is 8.10. The molecule has 2 saturated carbocycles. The molecule has 1 atom stereocenters. The van der Waals surface area contributed by atoms with Gasteiger partial charge in [-0.2, -0.15) is 0 Å². The summed E-state index contributed by atoms with van der Waals surface area (Å²) in [6, 6.07) is 0. The number of rotatable bonds is 2. The first-order valence-corrected chi connectivity index (χ1v) is 5.02. The van der Waals surface area contributed by atoms with Crippen LogP contribution in [0.2, 0.25) is 0 Å². The SMILES string of the molecule is CC(C)=COC1CCC12CCC2. The predicted octanol–water partition coefficient (Wildman–Crippen LogP) is 3.26. The lowest BCUT2D eigenvalue weighted by Gasteiger charge is -2.54. The molecule has 2 aliphatic carbocycles. The molecule has 0 aromatic carbocycles. The number of allylic oxidation sites excluding steroid dienone is 1. The van der Waals surface area contributed by atoms with Crippen LogP contribution in [-0.2, 0) is 4.74 Å². The monoisotopic (exact) mass is 166 g/mol. The van der Waals surface area contributed by atoms with E-state index in [9.17, 15) is 0 Å². The zero-order chi connectivity index (χ0) is 8.60. The summed E-state index contributed by atoms with van der Waals surface area (Å²) in [4.78, 5) is 0. The molecule has 1 heteroatoms. The minimum Gasteiger partial charge on any atom is -0.498 e. The molecule has 0 aromatic heterocycles. The Morgan fingerprint density at radius 2 is 2.08 bits per heavy atom. The van der Waals surface area contributed by atoms with Gasteiger partial charge in [-0.25, -0.2) is 0 Å². The molecule has 2 rings (SSSR count). The normalized spacial score (nSPS) is 30.3. The van der Waals surface area contributed by atoms with Gasteiger partial charge in [-0.15, -0.1) is 0 Å². The standard InChI is InChI=1S/C11H18O/c1-9(2)8-12-10-4-7-11(10)5-3-6-11/h8,10H,3-7H2,1-2H3. The van der Waals surface area contributed by atoms with Crippen LogP contribution in [-0.4, -0.2) is 6.10 Å². The Morgan fingerprint density at radius 1 is 1.33 bits per heavy atom. The zero-order valence-electron chi connectivity index (χ0n) is 8.10.